The Balaban J connectivity index is 2.35. The quantitative estimate of drug-likeness (QED) is 0.799. The summed E-state index contributed by atoms with van der Waals surface area (Å²) >= 11 is 0. The van der Waals surface area contributed by atoms with Crippen LogP contribution >= 0.6 is 0 Å². The second-order valence-electron chi connectivity index (χ2n) is 4.11. The number of anilines is 2. The van der Waals surface area contributed by atoms with Crippen molar-refractivity contribution < 1.29 is 20.5 Å². The molecule has 0 bridgehead atoms. The molecule has 0 heterocycles. The Bertz CT molecular complexity index is 768. The Morgan fingerprint density at radius 1 is 0.619 bits per heavy atom. The minimum absolute atomic E-state index is 0.310. The van der Waals surface area contributed by atoms with Gasteiger partial charge >= 0.3 is 20.2 Å². The molecule has 0 unspecified atom stereocenters. The van der Waals surface area contributed by atoms with Crippen LogP contribution in [0.3, 0.4) is 0 Å². The summed E-state index contributed by atoms with van der Waals surface area (Å²) in [7, 11) is -8.94. The largest absolute Gasteiger partial charge is 0.399 e. The fraction of sp³-hybridized carbons (Fsp3) is 0. The summed E-state index contributed by atoms with van der Waals surface area (Å²) in [6.45, 7) is 0. The molecule has 0 aliphatic heterocycles. The lowest BCUT2D eigenvalue weighted by atomic mass is 10.3. The molecule has 4 N–H and O–H groups in total. The van der Waals surface area contributed by atoms with E-state index < -0.39 is 20.2 Å². The average Bonchev–Trinajstić information content (AvgIpc) is 2.38. The summed E-state index contributed by atoms with van der Waals surface area (Å²) in [5.41, 5.74) is 11.6. The van der Waals surface area contributed by atoms with E-state index in [0.29, 0.717) is 11.4 Å². The van der Waals surface area contributed by atoms with Gasteiger partial charge in [0, 0.05) is 11.4 Å². The van der Waals surface area contributed by atoms with E-state index in [1.807, 2.05) is 0 Å². The van der Waals surface area contributed by atoms with E-state index >= 15 is 0 Å². The minimum atomic E-state index is -4.47. The molecule has 0 amide bonds. The maximum Gasteiger partial charge on any atom is 0.311 e. The highest BCUT2D eigenvalue weighted by molar-refractivity contribution is 7.99. The number of rotatable bonds is 4. The van der Waals surface area contributed by atoms with Crippen LogP contribution in [0.1, 0.15) is 0 Å². The zero-order chi connectivity index (χ0) is 15.7. The lowest BCUT2D eigenvalue weighted by molar-refractivity contribution is 0.462. The third-order valence-corrected chi connectivity index (χ3v) is 5.65. The van der Waals surface area contributed by atoms with E-state index in [-0.39, 0.29) is 9.79 Å². The Morgan fingerprint density at radius 3 is 1.19 bits per heavy atom. The van der Waals surface area contributed by atoms with E-state index in [1.54, 1.807) is 0 Å². The highest BCUT2D eigenvalue weighted by Gasteiger charge is 2.26. The molecule has 21 heavy (non-hydrogen) atoms. The third-order valence-electron chi connectivity index (χ3n) is 2.52. The first kappa shape index (κ1) is 15.3. The molecule has 0 saturated carbocycles. The van der Waals surface area contributed by atoms with Crippen LogP contribution in [0.25, 0.3) is 0 Å². The molecule has 2 aromatic carbocycles. The van der Waals surface area contributed by atoms with Crippen molar-refractivity contribution >= 4 is 31.6 Å². The second kappa shape index (κ2) is 5.35. The van der Waals surface area contributed by atoms with Gasteiger partial charge in [-0.3, -0.25) is 0 Å². The molecule has 112 valence electrons. The van der Waals surface area contributed by atoms with Crippen molar-refractivity contribution in [2.45, 2.75) is 9.79 Å². The Labute approximate surface area is 122 Å². The van der Waals surface area contributed by atoms with E-state index in [0.717, 1.165) is 24.3 Å². The van der Waals surface area contributed by atoms with Crippen LogP contribution in [-0.4, -0.2) is 16.8 Å². The fourth-order valence-electron chi connectivity index (χ4n) is 1.47. The molecular formula is C12H12N2O5S2. The fourth-order valence-corrected chi connectivity index (χ4v) is 3.98. The summed E-state index contributed by atoms with van der Waals surface area (Å²) in [4.78, 5) is -0.619. The lowest BCUT2D eigenvalue weighted by Gasteiger charge is -2.07. The Kier molecular flexibility index (Phi) is 3.90. The van der Waals surface area contributed by atoms with Gasteiger partial charge in [0.05, 0.1) is 9.79 Å². The molecule has 0 saturated heterocycles. The minimum Gasteiger partial charge on any atom is -0.399 e. The first-order valence-electron chi connectivity index (χ1n) is 5.63. The van der Waals surface area contributed by atoms with Crippen molar-refractivity contribution in [3.05, 3.63) is 48.5 Å². The summed E-state index contributed by atoms with van der Waals surface area (Å²) in [5, 5.41) is 0. The molecule has 0 atom stereocenters. The number of hydrogen-bond acceptors (Lipinski definition) is 7. The molecular weight excluding hydrogens is 316 g/mol. The van der Waals surface area contributed by atoms with Crippen molar-refractivity contribution in [3.63, 3.8) is 0 Å². The lowest BCUT2D eigenvalue weighted by Crippen LogP contribution is -2.14. The van der Waals surface area contributed by atoms with Crippen LogP contribution in [0.2, 0.25) is 0 Å². The van der Waals surface area contributed by atoms with Crippen LogP contribution in [0.5, 0.6) is 0 Å². The van der Waals surface area contributed by atoms with Gasteiger partial charge in [0.2, 0.25) is 0 Å². The van der Waals surface area contributed by atoms with E-state index in [1.165, 1.54) is 24.3 Å². The summed E-state index contributed by atoms with van der Waals surface area (Å²) in [5.74, 6) is 0. The molecule has 0 fully saturated rings. The zero-order valence-electron chi connectivity index (χ0n) is 10.6. The van der Waals surface area contributed by atoms with Crippen LogP contribution < -0.4 is 11.5 Å². The molecule has 0 spiro atoms. The van der Waals surface area contributed by atoms with Gasteiger partial charge in [-0.2, -0.15) is 16.8 Å². The van der Waals surface area contributed by atoms with Gasteiger partial charge in [0.15, 0.2) is 0 Å². The van der Waals surface area contributed by atoms with Crippen LogP contribution in [0, 0.1) is 0 Å². The van der Waals surface area contributed by atoms with E-state index in [4.69, 9.17) is 11.5 Å². The maximum absolute atomic E-state index is 11.9. The Morgan fingerprint density at radius 2 is 0.905 bits per heavy atom. The number of benzene rings is 2. The van der Waals surface area contributed by atoms with Gasteiger partial charge < -0.3 is 11.5 Å². The molecule has 0 aliphatic rings. The molecule has 2 aromatic rings. The van der Waals surface area contributed by atoms with Gasteiger partial charge in [-0.25, -0.2) is 0 Å². The van der Waals surface area contributed by atoms with Crippen molar-refractivity contribution in [2.24, 2.45) is 0 Å². The molecule has 0 aromatic heterocycles. The van der Waals surface area contributed by atoms with Crippen molar-refractivity contribution in [1.82, 2.24) is 0 Å². The van der Waals surface area contributed by atoms with Gasteiger partial charge in [0.1, 0.15) is 0 Å². The zero-order valence-corrected chi connectivity index (χ0v) is 12.3. The van der Waals surface area contributed by atoms with Crippen molar-refractivity contribution in [2.75, 3.05) is 11.5 Å². The summed E-state index contributed by atoms with van der Waals surface area (Å²) in [6, 6.07) is 9.93. The van der Waals surface area contributed by atoms with Crippen molar-refractivity contribution in [1.29, 1.82) is 0 Å². The first-order chi connectivity index (χ1) is 9.71. The monoisotopic (exact) mass is 328 g/mol. The van der Waals surface area contributed by atoms with Gasteiger partial charge in [-0.05, 0) is 48.5 Å². The molecule has 7 nitrogen and oxygen atoms in total. The molecule has 2 rings (SSSR count). The highest BCUT2D eigenvalue weighted by atomic mass is 32.3. The Hall–Kier alpha value is -2.10. The highest BCUT2D eigenvalue weighted by Crippen LogP contribution is 2.21. The van der Waals surface area contributed by atoms with Gasteiger partial charge in [-0.15, -0.1) is 3.63 Å². The van der Waals surface area contributed by atoms with Crippen molar-refractivity contribution in [3.8, 4) is 0 Å². The molecule has 9 heteroatoms. The normalized spacial score (nSPS) is 12.2. The predicted octanol–water partition coefficient (Wildman–Crippen LogP) is 0.945. The van der Waals surface area contributed by atoms with Crippen LogP contribution in [0.15, 0.2) is 58.3 Å². The van der Waals surface area contributed by atoms with Crippen LogP contribution in [0.4, 0.5) is 11.4 Å². The van der Waals surface area contributed by atoms with E-state index in [9.17, 15) is 16.8 Å². The second-order valence-corrected chi connectivity index (χ2v) is 7.42. The topological polar surface area (TPSA) is 130 Å². The SMILES string of the molecule is Nc1ccc(S(=O)(=O)OS(=O)(=O)c2ccc(N)cc2)cc1. The standard InChI is InChI=1S/C12H12N2O5S2/c13-9-1-5-11(6-2-9)20(15,16)19-21(17,18)12-7-3-10(14)4-8-12/h1-8H,13-14H2. The van der Waals surface area contributed by atoms with E-state index in [2.05, 4.69) is 3.63 Å². The predicted molar refractivity (Wildman–Crippen MR) is 77.2 cm³/mol. The van der Waals surface area contributed by atoms with Crippen LogP contribution in [-0.2, 0) is 23.9 Å². The van der Waals surface area contributed by atoms with Gasteiger partial charge in [0.25, 0.3) is 0 Å². The number of nitrogens with two attached hydrogens (primary N) is 2. The van der Waals surface area contributed by atoms with Gasteiger partial charge in [-0.1, -0.05) is 0 Å². The first-order valence-corrected chi connectivity index (χ1v) is 8.44. The molecule has 0 aliphatic carbocycles. The summed E-state index contributed by atoms with van der Waals surface area (Å²) < 4.78 is 52.1. The molecule has 0 radical (unpaired) electrons. The number of nitrogen functional groups attached to an aromatic ring is 2. The third kappa shape index (κ3) is 3.51. The average molecular weight is 328 g/mol. The summed E-state index contributed by atoms with van der Waals surface area (Å²) in [6.07, 6.45) is 0. The maximum atomic E-state index is 11.9. The number of hydrogen-bond donors (Lipinski definition) is 2. The smallest absolute Gasteiger partial charge is 0.311 e.